The number of nitrogens with one attached hydrogen (secondary N) is 1. The van der Waals surface area contributed by atoms with Crippen LogP contribution in [0.4, 0.5) is 11.4 Å². The average molecular weight is 353 g/mol. The topological polar surface area (TPSA) is 92.6 Å². The zero-order chi connectivity index (χ0) is 19.1. The Labute approximate surface area is 151 Å². The number of carbonyl (C=O) groups excluding carboxylic acids is 2. The van der Waals surface area contributed by atoms with Crippen molar-refractivity contribution in [2.75, 3.05) is 25.0 Å². The van der Waals surface area contributed by atoms with E-state index < -0.39 is 4.92 Å². The minimum absolute atomic E-state index is 0.0540. The van der Waals surface area contributed by atoms with Gasteiger partial charge in [0, 0.05) is 31.3 Å². The summed E-state index contributed by atoms with van der Waals surface area (Å²) in [6.07, 6.45) is 1.63. The van der Waals surface area contributed by atoms with Gasteiger partial charge >= 0.3 is 0 Å². The maximum atomic E-state index is 12.8. The molecule has 0 saturated carbocycles. The third-order valence-corrected chi connectivity index (χ3v) is 3.77. The van der Waals surface area contributed by atoms with E-state index in [4.69, 9.17) is 0 Å². The SMILES string of the molecule is C=CCNCC(=O)N(C)c1ccc([N+](=O)[O-])cc1C(=O)c1ccccc1. The predicted molar refractivity (Wildman–Crippen MR) is 99.4 cm³/mol. The van der Waals surface area contributed by atoms with Gasteiger partial charge < -0.3 is 10.2 Å². The largest absolute Gasteiger partial charge is 0.314 e. The van der Waals surface area contributed by atoms with Crippen LogP contribution in [0, 0.1) is 10.1 Å². The smallest absolute Gasteiger partial charge is 0.270 e. The van der Waals surface area contributed by atoms with Gasteiger partial charge in [-0.1, -0.05) is 36.4 Å². The van der Waals surface area contributed by atoms with Gasteiger partial charge in [-0.2, -0.15) is 0 Å². The summed E-state index contributed by atoms with van der Waals surface area (Å²) in [5.41, 5.74) is 0.596. The van der Waals surface area contributed by atoms with E-state index in [1.807, 2.05) is 0 Å². The number of anilines is 1. The summed E-state index contributed by atoms with van der Waals surface area (Å²) in [5.74, 6) is -0.661. The Bertz CT molecular complexity index is 834. The first-order valence-electron chi connectivity index (χ1n) is 7.92. The standard InChI is InChI=1S/C19H19N3O4/c1-3-11-20-13-18(23)21(2)17-10-9-15(22(25)26)12-16(17)19(24)14-7-5-4-6-8-14/h3-10,12,20H,1,11,13H2,2H3. The number of hydrogen-bond acceptors (Lipinski definition) is 5. The highest BCUT2D eigenvalue weighted by Crippen LogP contribution is 2.27. The van der Waals surface area contributed by atoms with Crippen molar-refractivity contribution in [1.82, 2.24) is 5.32 Å². The molecule has 0 saturated heterocycles. The molecule has 0 atom stereocenters. The summed E-state index contributed by atoms with van der Waals surface area (Å²) in [5, 5.41) is 14.0. The Morgan fingerprint density at radius 3 is 2.54 bits per heavy atom. The first-order valence-corrected chi connectivity index (χ1v) is 7.92. The second kappa shape index (κ2) is 8.68. The van der Waals surface area contributed by atoms with Gasteiger partial charge in [0.15, 0.2) is 5.78 Å². The van der Waals surface area contributed by atoms with Gasteiger partial charge in [-0.05, 0) is 6.07 Å². The molecule has 0 aromatic heterocycles. The van der Waals surface area contributed by atoms with Gasteiger partial charge in [0.1, 0.15) is 0 Å². The van der Waals surface area contributed by atoms with E-state index in [-0.39, 0.29) is 29.5 Å². The highest BCUT2D eigenvalue weighted by atomic mass is 16.6. The van der Waals surface area contributed by atoms with E-state index in [1.54, 1.807) is 36.4 Å². The minimum Gasteiger partial charge on any atom is -0.314 e. The van der Waals surface area contributed by atoms with Crippen LogP contribution in [0.1, 0.15) is 15.9 Å². The number of benzene rings is 2. The maximum absolute atomic E-state index is 12.8. The van der Waals surface area contributed by atoms with E-state index in [1.165, 1.54) is 30.1 Å². The van der Waals surface area contributed by atoms with E-state index in [2.05, 4.69) is 11.9 Å². The Morgan fingerprint density at radius 2 is 1.92 bits per heavy atom. The summed E-state index contributed by atoms with van der Waals surface area (Å²) in [6, 6.07) is 12.3. The van der Waals surface area contributed by atoms with Crippen LogP contribution in [0.3, 0.4) is 0 Å². The van der Waals surface area contributed by atoms with Crippen molar-refractivity contribution in [2.45, 2.75) is 0 Å². The van der Waals surface area contributed by atoms with E-state index in [0.29, 0.717) is 17.8 Å². The summed E-state index contributed by atoms with van der Waals surface area (Å²) in [6.45, 7) is 4.08. The van der Waals surface area contributed by atoms with Crippen molar-refractivity contribution in [3.8, 4) is 0 Å². The Kier molecular flexibility index (Phi) is 6.35. The van der Waals surface area contributed by atoms with Crippen molar-refractivity contribution >= 4 is 23.1 Å². The molecule has 0 aliphatic heterocycles. The molecule has 0 bridgehead atoms. The van der Waals surface area contributed by atoms with Gasteiger partial charge in [-0.25, -0.2) is 0 Å². The Balaban J connectivity index is 2.42. The molecule has 0 fully saturated rings. The third-order valence-electron chi connectivity index (χ3n) is 3.77. The molecule has 0 radical (unpaired) electrons. The van der Waals surface area contributed by atoms with Crippen LogP contribution >= 0.6 is 0 Å². The van der Waals surface area contributed by atoms with E-state index in [9.17, 15) is 19.7 Å². The van der Waals surface area contributed by atoms with Gasteiger partial charge in [0.2, 0.25) is 5.91 Å². The van der Waals surface area contributed by atoms with Crippen LogP contribution in [0.15, 0.2) is 61.2 Å². The van der Waals surface area contributed by atoms with E-state index >= 15 is 0 Å². The summed E-state index contributed by atoms with van der Waals surface area (Å²) < 4.78 is 0. The number of nitro groups is 1. The molecule has 134 valence electrons. The summed E-state index contributed by atoms with van der Waals surface area (Å²) in [7, 11) is 1.53. The third kappa shape index (κ3) is 4.40. The van der Waals surface area contributed by atoms with Gasteiger partial charge in [-0.3, -0.25) is 19.7 Å². The van der Waals surface area contributed by atoms with Crippen molar-refractivity contribution in [2.24, 2.45) is 0 Å². The number of non-ortho nitro benzene ring substituents is 1. The molecule has 0 unspecified atom stereocenters. The molecule has 0 spiro atoms. The first-order chi connectivity index (χ1) is 12.5. The molecule has 0 aliphatic carbocycles. The van der Waals surface area contributed by atoms with Crippen molar-refractivity contribution in [3.05, 3.63) is 82.4 Å². The summed E-state index contributed by atoms with van der Waals surface area (Å²) >= 11 is 0. The lowest BCUT2D eigenvalue weighted by Crippen LogP contribution is -2.36. The molecule has 1 N–H and O–H groups in total. The molecule has 7 nitrogen and oxygen atoms in total. The monoisotopic (exact) mass is 353 g/mol. The number of ketones is 1. The number of nitro benzene ring substituents is 1. The number of hydrogen-bond donors (Lipinski definition) is 1. The lowest BCUT2D eigenvalue weighted by molar-refractivity contribution is -0.384. The van der Waals surface area contributed by atoms with Gasteiger partial charge in [0.25, 0.3) is 5.69 Å². The molecule has 0 heterocycles. The number of nitrogens with zero attached hydrogens (tertiary/aromatic N) is 2. The first kappa shape index (κ1) is 19.0. The fourth-order valence-corrected chi connectivity index (χ4v) is 2.39. The highest BCUT2D eigenvalue weighted by Gasteiger charge is 2.22. The Morgan fingerprint density at radius 1 is 1.23 bits per heavy atom. The fraction of sp³-hybridized carbons (Fsp3) is 0.158. The Hall–Kier alpha value is -3.32. The number of likely N-dealkylation sites (N-methyl/N-ethyl adjacent to an activating group) is 1. The zero-order valence-corrected chi connectivity index (χ0v) is 14.3. The molecule has 26 heavy (non-hydrogen) atoms. The van der Waals surface area contributed by atoms with Crippen molar-refractivity contribution < 1.29 is 14.5 Å². The van der Waals surface area contributed by atoms with Crippen LogP contribution < -0.4 is 10.2 Å². The van der Waals surface area contributed by atoms with Crippen LogP contribution in [0.25, 0.3) is 0 Å². The maximum Gasteiger partial charge on any atom is 0.270 e. The lowest BCUT2D eigenvalue weighted by Gasteiger charge is -2.20. The van der Waals surface area contributed by atoms with Crippen molar-refractivity contribution in [1.29, 1.82) is 0 Å². The molecule has 2 aromatic rings. The molecule has 1 amide bonds. The van der Waals surface area contributed by atoms with Crippen LogP contribution in [-0.2, 0) is 4.79 Å². The number of amides is 1. The molecular formula is C19H19N3O4. The quantitative estimate of drug-likeness (QED) is 0.259. The van der Waals surface area contributed by atoms with Crippen LogP contribution in [0.2, 0.25) is 0 Å². The van der Waals surface area contributed by atoms with Crippen LogP contribution in [-0.4, -0.2) is 36.8 Å². The molecule has 2 rings (SSSR count). The lowest BCUT2D eigenvalue weighted by atomic mass is 10.0. The second-order valence-corrected chi connectivity index (χ2v) is 5.53. The molecule has 7 heteroatoms. The van der Waals surface area contributed by atoms with Gasteiger partial charge in [0.05, 0.1) is 22.7 Å². The minimum atomic E-state index is -0.570. The molecular weight excluding hydrogens is 334 g/mol. The normalized spacial score (nSPS) is 10.2. The average Bonchev–Trinajstić information content (AvgIpc) is 2.67. The highest BCUT2D eigenvalue weighted by molar-refractivity contribution is 6.14. The fourth-order valence-electron chi connectivity index (χ4n) is 2.39. The van der Waals surface area contributed by atoms with Crippen molar-refractivity contribution in [3.63, 3.8) is 0 Å². The second-order valence-electron chi connectivity index (χ2n) is 5.53. The zero-order valence-electron chi connectivity index (χ0n) is 14.3. The molecule has 0 aliphatic rings. The number of carbonyl (C=O) groups is 2. The molecule has 2 aromatic carbocycles. The predicted octanol–water partition coefficient (Wildman–Crippen LogP) is 2.56. The van der Waals surface area contributed by atoms with E-state index in [0.717, 1.165) is 0 Å². The van der Waals surface area contributed by atoms with Gasteiger partial charge in [-0.15, -0.1) is 6.58 Å². The number of rotatable bonds is 8. The van der Waals surface area contributed by atoms with Crippen LogP contribution in [0.5, 0.6) is 0 Å². The summed E-state index contributed by atoms with van der Waals surface area (Å²) in [4.78, 5) is 37.0.